The van der Waals surface area contributed by atoms with Crippen molar-refractivity contribution in [1.82, 2.24) is 0 Å². The molecule has 72 valence electrons. The maximum atomic E-state index is 9.04. The summed E-state index contributed by atoms with van der Waals surface area (Å²) in [6.07, 6.45) is 0. The molecule has 0 aromatic carbocycles. The van der Waals surface area contributed by atoms with Crippen molar-refractivity contribution in [2.45, 2.75) is 0 Å². The van der Waals surface area contributed by atoms with E-state index in [1.54, 1.807) is 0 Å². The SMILES string of the molecule is O=S(=O)([O-])P.O=S(=O)([O-])P.[Pd+2]. The summed E-state index contributed by atoms with van der Waals surface area (Å²) in [4.78, 5) is 0. The van der Waals surface area contributed by atoms with Crippen molar-refractivity contribution in [1.29, 1.82) is 0 Å². The Kier molecular flexibility index (Phi) is 11.3. The minimum atomic E-state index is -4.00. The minimum Gasteiger partial charge on any atom is -0.745 e. The monoisotopic (exact) mass is 332 g/mol. The molecule has 6 nitrogen and oxygen atoms in total. The number of rotatable bonds is 0. The van der Waals surface area contributed by atoms with Gasteiger partial charge < -0.3 is 9.11 Å². The van der Waals surface area contributed by atoms with Crippen LogP contribution in [0, 0.1) is 0 Å². The Morgan fingerprint density at radius 3 is 0.818 bits per heavy atom. The summed E-state index contributed by atoms with van der Waals surface area (Å²) in [6, 6.07) is 0. The van der Waals surface area contributed by atoms with Crippen molar-refractivity contribution >= 4 is 36.4 Å². The van der Waals surface area contributed by atoms with Gasteiger partial charge in [-0.1, -0.05) is 0 Å². The van der Waals surface area contributed by atoms with E-state index in [4.69, 9.17) is 25.9 Å². The molecule has 0 aliphatic heterocycles. The molecule has 0 aliphatic rings. The molecule has 11 heavy (non-hydrogen) atoms. The zero-order chi connectivity index (χ0) is 9.00. The molecule has 0 radical (unpaired) electrons. The summed E-state index contributed by atoms with van der Waals surface area (Å²) in [5.74, 6) is 0. The van der Waals surface area contributed by atoms with Gasteiger partial charge in [0.05, 0.1) is 0 Å². The number of hydrogen-bond acceptors (Lipinski definition) is 6. The molecule has 0 aromatic heterocycles. The molecule has 0 bridgehead atoms. The summed E-state index contributed by atoms with van der Waals surface area (Å²) >= 11 is 0. The van der Waals surface area contributed by atoms with Crippen LogP contribution in [-0.4, -0.2) is 25.9 Å². The summed E-state index contributed by atoms with van der Waals surface area (Å²) in [5.41, 5.74) is 0. The summed E-state index contributed by atoms with van der Waals surface area (Å²) < 4.78 is 54.2. The first-order chi connectivity index (χ1) is 4.00. The van der Waals surface area contributed by atoms with Crippen LogP contribution in [-0.2, 0) is 39.9 Å². The van der Waals surface area contributed by atoms with Crippen LogP contribution in [0.25, 0.3) is 0 Å². The van der Waals surface area contributed by atoms with Gasteiger partial charge in [0, 0.05) is 0 Å². The number of hydrogen-bond donors (Lipinski definition) is 0. The molecule has 0 saturated carbocycles. The van der Waals surface area contributed by atoms with Crippen LogP contribution in [0.3, 0.4) is 0 Å². The second-order valence-electron chi connectivity index (χ2n) is 0.986. The molecule has 0 spiro atoms. The van der Waals surface area contributed by atoms with Crippen molar-refractivity contribution in [3.05, 3.63) is 0 Å². The third-order valence-electron chi connectivity index (χ3n) is 0. The van der Waals surface area contributed by atoms with E-state index < -0.39 is 19.5 Å². The van der Waals surface area contributed by atoms with Gasteiger partial charge in [0.15, 0.2) is 0 Å². The predicted molar refractivity (Wildman–Crippen MR) is 38.8 cm³/mol. The normalized spacial score (nSPS) is 10.5. The topological polar surface area (TPSA) is 114 Å². The quantitative estimate of drug-likeness (QED) is 0.307. The first kappa shape index (κ1) is 18.2. The maximum Gasteiger partial charge on any atom is 2.00 e. The Morgan fingerprint density at radius 2 is 0.818 bits per heavy atom. The van der Waals surface area contributed by atoms with E-state index in [-0.39, 0.29) is 20.4 Å². The standard InChI is InChI=1S/2H3O3PS.Pd/c2*1-5(2,3)4;/h2*4H2,(H,1,2,3);/q;;+2/p-2. The summed E-state index contributed by atoms with van der Waals surface area (Å²) in [5, 5.41) is 0. The first-order valence-electron chi connectivity index (χ1n) is 1.47. The Labute approximate surface area is 82.6 Å². The second kappa shape index (κ2) is 6.82. The van der Waals surface area contributed by atoms with E-state index in [1.165, 1.54) is 0 Å². The molecule has 0 aliphatic carbocycles. The zero-order valence-corrected chi connectivity index (χ0v) is 10.2. The average Bonchev–Trinajstić information content (AvgIpc) is 1.12. The Balaban J connectivity index is -0.000000107. The molecule has 11 heteroatoms. The van der Waals surface area contributed by atoms with Gasteiger partial charge in [-0.15, -0.1) is 0 Å². The van der Waals surface area contributed by atoms with Crippen LogP contribution in [0.15, 0.2) is 0 Å². The summed E-state index contributed by atoms with van der Waals surface area (Å²) in [6.45, 7) is 0. The largest absolute Gasteiger partial charge is 2.00 e. The van der Waals surface area contributed by atoms with Crippen molar-refractivity contribution in [2.24, 2.45) is 0 Å². The average molecular weight is 333 g/mol. The van der Waals surface area contributed by atoms with Crippen LogP contribution in [0.1, 0.15) is 0 Å². The minimum absolute atomic E-state index is 0. The third kappa shape index (κ3) is 549. The smallest absolute Gasteiger partial charge is 0.745 e. The van der Waals surface area contributed by atoms with E-state index >= 15 is 0 Å². The van der Waals surface area contributed by atoms with E-state index in [1.807, 2.05) is 0 Å². The van der Waals surface area contributed by atoms with Crippen molar-refractivity contribution < 1.29 is 46.4 Å². The van der Waals surface area contributed by atoms with Gasteiger partial charge in [0.25, 0.3) is 0 Å². The van der Waals surface area contributed by atoms with Gasteiger partial charge in [-0.05, 0) is 16.9 Å². The molecule has 0 N–H and O–H groups in total. The Bertz CT molecular complexity index is 215. The van der Waals surface area contributed by atoms with Gasteiger partial charge in [-0.2, -0.15) is 0 Å². The van der Waals surface area contributed by atoms with Gasteiger partial charge in [0.1, 0.15) is 19.5 Å². The third-order valence-corrected chi connectivity index (χ3v) is 0. The second-order valence-corrected chi connectivity index (χ2v) is 6.42. The van der Waals surface area contributed by atoms with Gasteiger partial charge >= 0.3 is 20.4 Å². The van der Waals surface area contributed by atoms with Crippen LogP contribution in [0.5, 0.6) is 0 Å². The van der Waals surface area contributed by atoms with Crippen molar-refractivity contribution in [3.63, 3.8) is 0 Å². The van der Waals surface area contributed by atoms with Crippen LogP contribution >= 0.6 is 16.9 Å². The Hall–Kier alpha value is 1.34. The predicted octanol–water partition coefficient (Wildman–Crippen LogP) is -1.36. The fraction of sp³-hybridized carbons (Fsp3) is 0. The molecule has 0 aromatic rings. The fourth-order valence-electron chi connectivity index (χ4n) is 0. The maximum absolute atomic E-state index is 9.04. The van der Waals surface area contributed by atoms with Gasteiger partial charge in [0.2, 0.25) is 0 Å². The molecule has 0 saturated heterocycles. The van der Waals surface area contributed by atoms with Crippen molar-refractivity contribution in [3.8, 4) is 0 Å². The molecule has 0 rings (SSSR count). The van der Waals surface area contributed by atoms with Gasteiger partial charge in [-0.3, -0.25) is 0 Å². The van der Waals surface area contributed by atoms with Crippen LogP contribution in [0.2, 0.25) is 0 Å². The molecule has 0 heterocycles. The molecule has 0 amide bonds. The summed E-state index contributed by atoms with van der Waals surface area (Å²) in [7, 11) is -5.74. The van der Waals surface area contributed by atoms with E-state index in [9.17, 15) is 0 Å². The first-order valence-corrected chi connectivity index (χ1v) is 7.24. The van der Waals surface area contributed by atoms with Gasteiger partial charge in [-0.25, -0.2) is 16.8 Å². The van der Waals surface area contributed by atoms with Crippen LogP contribution in [0.4, 0.5) is 0 Å². The zero-order valence-electron chi connectivity index (χ0n) is 4.74. The molecular weight excluding hydrogens is 328 g/mol. The molecule has 0 fully saturated rings. The Morgan fingerprint density at radius 1 is 0.818 bits per heavy atom. The van der Waals surface area contributed by atoms with Crippen LogP contribution < -0.4 is 0 Å². The van der Waals surface area contributed by atoms with E-state index in [0.717, 1.165) is 16.9 Å². The van der Waals surface area contributed by atoms with E-state index in [0.29, 0.717) is 0 Å². The fourth-order valence-corrected chi connectivity index (χ4v) is 0. The van der Waals surface area contributed by atoms with Crippen molar-refractivity contribution in [2.75, 3.05) is 0 Å². The molecule has 2 atom stereocenters. The van der Waals surface area contributed by atoms with E-state index in [2.05, 4.69) is 0 Å². The molecular formula is H4O6P2PdS2. The molecule has 2 unspecified atom stereocenters.